The second-order valence-electron chi connectivity index (χ2n) is 3.96. The molecule has 1 aromatic heterocycles. The lowest BCUT2D eigenvalue weighted by Gasteiger charge is -2.09. The zero-order chi connectivity index (χ0) is 15.4. The highest BCUT2D eigenvalue weighted by molar-refractivity contribution is 5.92. The number of nitro benzene ring substituents is 1. The zero-order valence-corrected chi connectivity index (χ0v) is 10.9. The topological polar surface area (TPSA) is 94.4 Å². The quantitative estimate of drug-likeness (QED) is 0.528. The van der Waals surface area contributed by atoms with Crippen molar-refractivity contribution in [2.24, 2.45) is 0 Å². The highest BCUT2D eigenvalue weighted by Crippen LogP contribution is 2.30. The molecule has 1 N–H and O–H groups in total. The molecular weight excluding hydrogens is 281 g/mol. The van der Waals surface area contributed by atoms with Gasteiger partial charge in [-0.1, -0.05) is 0 Å². The molecule has 2 aromatic rings. The Hall–Kier alpha value is -3.03. The summed E-state index contributed by atoms with van der Waals surface area (Å²) in [4.78, 5) is 25.5. The van der Waals surface area contributed by atoms with Crippen molar-refractivity contribution < 1.29 is 18.8 Å². The first-order valence-corrected chi connectivity index (χ1v) is 5.76. The Labute approximate surface area is 118 Å². The first kappa shape index (κ1) is 14.4. The predicted molar refractivity (Wildman–Crippen MR) is 71.9 cm³/mol. The molecular formula is C13H10FN3O4. The number of rotatable bonds is 4. The lowest BCUT2D eigenvalue weighted by Crippen LogP contribution is -2.07. The third-order valence-corrected chi connectivity index (χ3v) is 2.63. The van der Waals surface area contributed by atoms with Gasteiger partial charge in [0, 0.05) is 6.20 Å². The van der Waals surface area contributed by atoms with Gasteiger partial charge in [0.15, 0.2) is 0 Å². The third kappa shape index (κ3) is 3.11. The van der Waals surface area contributed by atoms with Crippen LogP contribution >= 0.6 is 0 Å². The van der Waals surface area contributed by atoms with Crippen LogP contribution in [0.4, 0.5) is 21.5 Å². The zero-order valence-electron chi connectivity index (χ0n) is 10.9. The van der Waals surface area contributed by atoms with E-state index in [0.717, 1.165) is 13.2 Å². The maximum atomic E-state index is 13.7. The minimum absolute atomic E-state index is 0.0326. The van der Waals surface area contributed by atoms with Gasteiger partial charge in [0.25, 0.3) is 5.69 Å². The van der Waals surface area contributed by atoms with E-state index in [1.807, 2.05) is 0 Å². The number of benzene rings is 1. The number of carbonyl (C=O) groups excluding carboxylic acids is 1. The second kappa shape index (κ2) is 5.95. The maximum absolute atomic E-state index is 13.7. The molecule has 0 spiro atoms. The molecule has 21 heavy (non-hydrogen) atoms. The van der Waals surface area contributed by atoms with Crippen molar-refractivity contribution in [1.82, 2.24) is 4.98 Å². The molecule has 2 rings (SSSR count). The van der Waals surface area contributed by atoms with E-state index in [9.17, 15) is 19.3 Å². The van der Waals surface area contributed by atoms with Crippen molar-refractivity contribution in [2.45, 2.75) is 0 Å². The lowest BCUT2D eigenvalue weighted by molar-refractivity contribution is -0.384. The molecule has 1 aromatic carbocycles. The van der Waals surface area contributed by atoms with Crippen molar-refractivity contribution in [3.05, 3.63) is 58.2 Å². The van der Waals surface area contributed by atoms with Gasteiger partial charge in [-0.3, -0.25) is 15.1 Å². The van der Waals surface area contributed by atoms with Crippen LogP contribution in [0.2, 0.25) is 0 Å². The molecule has 0 amide bonds. The van der Waals surface area contributed by atoms with E-state index in [-0.39, 0.29) is 5.69 Å². The van der Waals surface area contributed by atoms with Gasteiger partial charge >= 0.3 is 5.97 Å². The molecule has 8 heteroatoms. The van der Waals surface area contributed by atoms with Crippen molar-refractivity contribution in [3.63, 3.8) is 0 Å². The summed E-state index contributed by atoms with van der Waals surface area (Å²) >= 11 is 0. The fourth-order valence-electron chi connectivity index (χ4n) is 1.67. The number of hydrogen-bond acceptors (Lipinski definition) is 6. The molecule has 0 fully saturated rings. The number of hydrogen-bond donors (Lipinski definition) is 1. The third-order valence-electron chi connectivity index (χ3n) is 2.63. The summed E-state index contributed by atoms with van der Waals surface area (Å²) in [5, 5.41) is 13.7. The number of esters is 1. The average molecular weight is 291 g/mol. The fraction of sp³-hybridized carbons (Fsp3) is 0.0769. The minimum atomic E-state index is -1.02. The van der Waals surface area contributed by atoms with Crippen LogP contribution in [0, 0.1) is 15.9 Å². The molecule has 0 atom stereocenters. The molecule has 0 aliphatic carbocycles. The molecule has 0 saturated heterocycles. The molecule has 0 bridgehead atoms. The van der Waals surface area contributed by atoms with Gasteiger partial charge in [0.05, 0.1) is 35.5 Å². The van der Waals surface area contributed by atoms with E-state index >= 15 is 0 Å². The molecule has 0 saturated carbocycles. The summed E-state index contributed by atoms with van der Waals surface area (Å²) in [5.41, 5.74) is -0.462. The number of ether oxygens (including phenoxy) is 1. The van der Waals surface area contributed by atoms with Crippen LogP contribution in [0.25, 0.3) is 0 Å². The molecule has 1 heterocycles. The monoisotopic (exact) mass is 291 g/mol. The van der Waals surface area contributed by atoms with Gasteiger partial charge in [-0.25, -0.2) is 9.18 Å². The SMILES string of the molecule is COC(=O)c1cc(Nc2cccnc2)c([N+](=O)[O-])cc1F. The number of nitrogens with one attached hydrogen (secondary N) is 1. The molecule has 0 unspecified atom stereocenters. The Morgan fingerprint density at radius 2 is 2.24 bits per heavy atom. The van der Waals surface area contributed by atoms with E-state index in [4.69, 9.17) is 0 Å². The first-order chi connectivity index (χ1) is 10.0. The van der Waals surface area contributed by atoms with Crippen molar-refractivity contribution in [2.75, 3.05) is 12.4 Å². The van der Waals surface area contributed by atoms with Crippen LogP contribution in [0.3, 0.4) is 0 Å². The number of nitro groups is 1. The number of halogens is 1. The Morgan fingerprint density at radius 1 is 1.48 bits per heavy atom. The average Bonchev–Trinajstić information content (AvgIpc) is 2.48. The fourth-order valence-corrected chi connectivity index (χ4v) is 1.67. The molecule has 7 nitrogen and oxygen atoms in total. The minimum Gasteiger partial charge on any atom is -0.465 e. The van der Waals surface area contributed by atoms with Crippen molar-refractivity contribution >= 4 is 23.0 Å². The van der Waals surface area contributed by atoms with Crippen molar-refractivity contribution in [3.8, 4) is 0 Å². The van der Waals surface area contributed by atoms with Crippen LogP contribution in [0.5, 0.6) is 0 Å². The van der Waals surface area contributed by atoms with Gasteiger partial charge in [-0.15, -0.1) is 0 Å². The lowest BCUT2D eigenvalue weighted by atomic mass is 10.1. The van der Waals surface area contributed by atoms with E-state index in [0.29, 0.717) is 11.8 Å². The standard InChI is InChI=1S/C13H10FN3O4/c1-21-13(18)9-5-11(12(17(19)20)6-10(9)14)16-8-3-2-4-15-7-8/h2-7,16H,1H3. The summed E-state index contributed by atoms with van der Waals surface area (Å²) in [6.07, 6.45) is 2.97. The van der Waals surface area contributed by atoms with Crippen LogP contribution in [-0.4, -0.2) is 23.0 Å². The molecule has 0 aliphatic heterocycles. The summed E-state index contributed by atoms with van der Waals surface area (Å²) in [6, 6.07) is 4.95. The summed E-state index contributed by atoms with van der Waals surface area (Å²) < 4.78 is 18.2. The number of methoxy groups -OCH3 is 1. The normalized spacial score (nSPS) is 10.0. The van der Waals surface area contributed by atoms with E-state index < -0.39 is 28.0 Å². The van der Waals surface area contributed by atoms with Crippen LogP contribution in [0.1, 0.15) is 10.4 Å². The smallest absolute Gasteiger partial charge is 0.340 e. The van der Waals surface area contributed by atoms with Gasteiger partial charge in [-0.2, -0.15) is 0 Å². The number of nitrogens with zero attached hydrogens (tertiary/aromatic N) is 2. The molecule has 0 aliphatic rings. The Morgan fingerprint density at radius 3 is 2.81 bits per heavy atom. The first-order valence-electron chi connectivity index (χ1n) is 5.76. The van der Waals surface area contributed by atoms with E-state index in [1.54, 1.807) is 12.1 Å². The Kier molecular flexibility index (Phi) is 4.07. The Bertz CT molecular complexity index is 691. The molecule has 108 valence electrons. The predicted octanol–water partition coefficient (Wildman–Crippen LogP) is 2.66. The number of aromatic nitrogens is 1. The second-order valence-corrected chi connectivity index (χ2v) is 3.96. The largest absolute Gasteiger partial charge is 0.465 e. The Balaban J connectivity index is 2.51. The van der Waals surface area contributed by atoms with Crippen LogP contribution in [0.15, 0.2) is 36.7 Å². The maximum Gasteiger partial charge on any atom is 0.340 e. The van der Waals surface area contributed by atoms with Gasteiger partial charge in [-0.05, 0) is 18.2 Å². The molecule has 0 radical (unpaired) electrons. The number of anilines is 2. The van der Waals surface area contributed by atoms with E-state index in [1.165, 1.54) is 12.4 Å². The van der Waals surface area contributed by atoms with E-state index in [2.05, 4.69) is 15.0 Å². The summed E-state index contributed by atoms with van der Waals surface area (Å²) in [6.45, 7) is 0. The number of carbonyl (C=O) groups is 1. The van der Waals surface area contributed by atoms with Crippen LogP contribution in [-0.2, 0) is 4.74 Å². The number of pyridine rings is 1. The highest BCUT2D eigenvalue weighted by Gasteiger charge is 2.22. The summed E-state index contributed by atoms with van der Waals surface area (Å²) in [5.74, 6) is -1.94. The van der Waals surface area contributed by atoms with Crippen molar-refractivity contribution in [1.29, 1.82) is 0 Å². The van der Waals surface area contributed by atoms with Gasteiger partial charge in [0.2, 0.25) is 0 Å². The van der Waals surface area contributed by atoms with Gasteiger partial charge < -0.3 is 10.1 Å². The highest BCUT2D eigenvalue weighted by atomic mass is 19.1. The van der Waals surface area contributed by atoms with Crippen LogP contribution < -0.4 is 5.32 Å². The summed E-state index contributed by atoms with van der Waals surface area (Å²) in [7, 11) is 1.09. The van der Waals surface area contributed by atoms with Gasteiger partial charge in [0.1, 0.15) is 11.5 Å².